The fourth-order valence-corrected chi connectivity index (χ4v) is 1.89. The van der Waals surface area contributed by atoms with Crippen LogP contribution < -0.4 is 4.74 Å². The number of rotatable bonds is 4. The molecule has 2 aromatic carbocycles. The van der Waals surface area contributed by atoms with Crippen LogP contribution in [0.1, 0.15) is 11.5 Å². The molecule has 0 aliphatic rings. The zero-order valence-corrected chi connectivity index (χ0v) is 10.9. The van der Waals surface area contributed by atoms with Gasteiger partial charge in [-0.1, -0.05) is 24.3 Å². The van der Waals surface area contributed by atoms with Gasteiger partial charge in [0.15, 0.2) is 5.58 Å². The molecule has 21 heavy (non-hydrogen) atoms. The highest BCUT2D eigenvalue weighted by Crippen LogP contribution is 2.18. The summed E-state index contributed by atoms with van der Waals surface area (Å²) in [5.41, 5.74) is 2.34. The summed E-state index contributed by atoms with van der Waals surface area (Å²) in [6, 6.07) is 13.8. The SMILES string of the molecule is FC(F)Oc1ccc(C=Cc2nc3ccccc3o2)cc1. The van der Waals surface area contributed by atoms with Gasteiger partial charge in [-0.15, -0.1) is 0 Å². The Hall–Kier alpha value is -2.69. The van der Waals surface area contributed by atoms with E-state index in [4.69, 9.17) is 4.42 Å². The van der Waals surface area contributed by atoms with Gasteiger partial charge < -0.3 is 9.15 Å². The number of benzene rings is 2. The van der Waals surface area contributed by atoms with Crippen molar-refractivity contribution in [1.82, 2.24) is 4.98 Å². The Kier molecular flexibility index (Phi) is 3.64. The summed E-state index contributed by atoms with van der Waals surface area (Å²) in [6.07, 6.45) is 3.51. The van der Waals surface area contributed by atoms with Crippen LogP contribution in [0.3, 0.4) is 0 Å². The maximum atomic E-state index is 12.0. The van der Waals surface area contributed by atoms with E-state index >= 15 is 0 Å². The molecule has 106 valence electrons. The third kappa shape index (κ3) is 3.25. The molecular weight excluding hydrogens is 276 g/mol. The lowest BCUT2D eigenvalue weighted by atomic mass is 10.2. The van der Waals surface area contributed by atoms with E-state index in [-0.39, 0.29) is 5.75 Å². The van der Waals surface area contributed by atoms with Gasteiger partial charge in [0, 0.05) is 6.08 Å². The summed E-state index contributed by atoms with van der Waals surface area (Å²) in [5, 5.41) is 0. The number of halogens is 2. The molecule has 3 rings (SSSR count). The van der Waals surface area contributed by atoms with Crippen molar-refractivity contribution in [3.63, 3.8) is 0 Å². The lowest BCUT2D eigenvalue weighted by molar-refractivity contribution is -0.0498. The van der Waals surface area contributed by atoms with Gasteiger partial charge >= 0.3 is 6.61 Å². The Morgan fingerprint density at radius 3 is 2.48 bits per heavy atom. The fraction of sp³-hybridized carbons (Fsp3) is 0.0625. The predicted octanol–water partition coefficient (Wildman–Crippen LogP) is 4.60. The third-order valence-corrected chi connectivity index (χ3v) is 2.83. The van der Waals surface area contributed by atoms with Crippen molar-refractivity contribution in [2.45, 2.75) is 6.61 Å². The Bertz CT molecular complexity index is 730. The van der Waals surface area contributed by atoms with Crippen molar-refractivity contribution in [1.29, 1.82) is 0 Å². The number of alkyl halides is 2. The topological polar surface area (TPSA) is 35.3 Å². The number of oxazole rings is 1. The number of nitrogens with zero attached hydrogens (tertiary/aromatic N) is 1. The highest BCUT2D eigenvalue weighted by molar-refractivity contribution is 5.75. The van der Waals surface area contributed by atoms with Crippen LogP contribution in [0.5, 0.6) is 5.75 Å². The van der Waals surface area contributed by atoms with E-state index in [9.17, 15) is 8.78 Å². The second-order valence-corrected chi connectivity index (χ2v) is 4.30. The van der Waals surface area contributed by atoms with Crippen molar-refractivity contribution in [3.8, 4) is 5.75 Å². The summed E-state index contributed by atoms with van der Waals surface area (Å²) in [6.45, 7) is -2.81. The molecule has 0 aliphatic heterocycles. The summed E-state index contributed by atoms with van der Waals surface area (Å²) in [7, 11) is 0. The lowest BCUT2D eigenvalue weighted by Crippen LogP contribution is -2.01. The summed E-state index contributed by atoms with van der Waals surface area (Å²) in [5.74, 6) is 0.619. The molecule has 0 bridgehead atoms. The highest BCUT2D eigenvalue weighted by atomic mass is 19.3. The largest absolute Gasteiger partial charge is 0.437 e. The van der Waals surface area contributed by atoms with Gasteiger partial charge in [0.2, 0.25) is 5.89 Å². The van der Waals surface area contributed by atoms with Crippen LogP contribution in [0.15, 0.2) is 52.9 Å². The molecule has 5 heteroatoms. The van der Waals surface area contributed by atoms with Crippen molar-refractivity contribution >= 4 is 23.3 Å². The van der Waals surface area contributed by atoms with Gasteiger partial charge in [-0.3, -0.25) is 0 Å². The molecule has 0 radical (unpaired) electrons. The van der Waals surface area contributed by atoms with E-state index in [1.807, 2.05) is 24.3 Å². The lowest BCUT2D eigenvalue weighted by Gasteiger charge is -2.03. The first-order valence-corrected chi connectivity index (χ1v) is 6.29. The molecule has 0 atom stereocenters. The molecule has 3 nitrogen and oxygen atoms in total. The summed E-state index contributed by atoms with van der Waals surface area (Å²) < 4.78 is 33.9. The maximum absolute atomic E-state index is 12.0. The minimum atomic E-state index is -2.81. The summed E-state index contributed by atoms with van der Waals surface area (Å²) >= 11 is 0. The molecule has 0 N–H and O–H groups in total. The van der Waals surface area contributed by atoms with Gasteiger partial charge in [-0.05, 0) is 35.9 Å². The number of ether oxygens (including phenoxy) is 1. The molecule has 0 aliphatic carbocycles. The van der Waals surface area contributed by atoms with Crippen LogP contribution in [0.2, 0.25) is 0 Å². The van der Waals surface area contributed by atoms with Crippen LogP contribution >= 0.6 is 0 Å². The first-order chi connectivity index (χ1) is 10.2. The number of para-hydroxylation sites is 2. The van der Waals surface area contributed by atoms with Crippen LogP contribution in [-0.4, -0.2) is 11.6 Å². The number of hydrogen-bond donors (Lipinski definition) is 0. The fourth-order valence-electron chi connectivity index (χ4n) is 1.89. The van der Waals surface area contributed by atoms with Crippen LogP contribution in [0.25, 0.3) is 23.3 Å². The highest BCUT2D eigenvalue weighted by Gasteiger charge is 2.03. The molecule has 3 aromatic rings. The molecule has 1 aromatic heterocycles. The van der Waals surface area contributed by atoms with E-state index in [1.165, 1.54) is 12.1 Å². The molecular formula is C16H11F2NO2. The quantitative estimate of drug-likeness (QED) is 0.703. The smallest absolute Gasteiger partial charge is 0.387 e. The average Bonchev–Trinajstić information content (AvgIpc) is 2.89. The van der Waals surface area contributed by atoms with Crippen molar-refractivity contribution in [2.75, 3.05) is 0 Å². The van der Waals surface area contributed by atoms with Crippen molar-refractivity contribution in [3.05, 3.63) is 60.0 Å². The first-order valence-electron chi connectivity index (χ1n) is 6.29. The Balaban J connectivity index is 1.76. The second-order valence-electron chi connectivity index (χ2n) is 4.30. The Labute approximate surface area is 119 Å². The van der Waals surface area contributed by atoms with Gasteiger partial charge in [0.1, 0.15) is 11.3 Å². The average molecular weight is 287 g/mol. The second kappa shape index (κ2) is 5.75. The molecule has 0 spiro atoms. The standard InChI is InChI=1S/C16H11F2NO2/c17-16(18)20-12-8-5-11(6-9-12)7-10-15-19-13-3-1-2-4-14(13)21-15/h1-10,16H. The third-order valence-electron chi connectivity index (χ3n) is 2.83. The van der Waals surface area contributed by atoms with E-state index in [2.05, 4.69) is 9.72 Å². The first kappa shape index (κ1) is 13.3. The zero-order valence-electron chi connectivity index (χ0n) is 10.9. The summed E-state index contributed by atoms with van der Waals surface area (Å²) in [4.78, 5) is 4.31. The van der Waals surface area contributed by atoms with E-state index in [0.29, 0.717) is 5.89 Å². The van der Waals surface area contributed by atoms with Gasteiger partial charge in [0.25, 0.3) is 0 Å². The monoisotopic (exact) mass is 287 g/mol. The molecule has 0 amide bonds. The Morgan fingerprint density at radius 1 is 1.00 bits per heavy atom. The van der Waals surface area contributed by atoms with Gasteiger partial charge in [-0.25, -0.2) is 4.98 Å². The Morgan fingerprint density at radius 2 is 1.76 bits per heavy atom. The van der Waals surface area contributed by atoms with Crippen LogP contribution in [0.4, 0.5) is 8.78 Å². The molecule has 0 saturated heterocycles. The van der Waals surface area contributed by atoms with Crippen molar-refractivity contribution in [2.24, 2.45) is 0 Å². The van der Waals surface area contributed by atoms with Gasteiger partial charge in [0.05, 0.1) is 0 Å². The predicted molar refractivity (Wildman–Crippen MR) is 76.0 cm³/mol. The maximum Gasteiger partial charge on any atom is 0.387 e. The van der Waals surface area contributed by atoms with Gasteiger partial charge in [-0.2, -0.15) is 8.78 Å². The number of hydrogen-bond acceptors (Lipinski definition) is 3. The normalized spacial score (nSPS) is 11.6. The van der Waals surface area contributed by atoms with Crippen LogP contribution in [-0.2, 0) is 0 Å². The van der Waals surface area contributed by atoms with E-state index in [0.717, 1.165) is 16.7 Å². The minimum absolute atomic E-state index is 0.129. The number of fused-ring (bicyclic) bond motifs is 1. The zero-order chi connectivity index (χ0) is 14.7. The molecule has 0 fully saturated rings. The molecule has 0 unspecified atom stereocenters. The molecule has 0 saturated carbocycles. The van der Waals surface area contributed by atoms with Crippen LogP contribution in [0, 0.1) is 0 Å². The molecule has 1 heterocycles. The van der Waals surface area contributed by atoms with E-state index in [1.54, 1.807) is 24.3 Å². The van der Waals surface area contributed by atoms with E-state index < -0.39 is 6.61 Å². The number of aromatic nitrogens is 1. The minimum Gasteiger partial charge on any atom is -0.437 e. The van der Waals surface area contributed by atoms with Crippen molar-refractivity contribution < 1.29 is 17.9 Å².